The first-order chi connectivity index (χ1) is 7.20. The van der Waals surface area contributed by atoms with Crippen LogP contribution in [0, 0.1) is 0 Å². The van der Waals surface area contributed by atoms with Gasteiger partial charge in [-0.25, -0.2) is 4.79 Å². The number of hydrogen-bond donors (Lipinski definition) is 3. The van der Waals surface area contributed by atoms with E-state index in [9.17, 15) is 9.59 Å². The minimum atomic E-state index is -0.582. The lowest BCUT2D eigenvalue weighted by molar-refractivity contribution is 0.296. The maximum Gasteiger partial charge on any atom is 0.327 e. The summed E-state index contributed by atoms with van der Waals surface area (Å²) >= 11 is 0. The number of H-pyrrole nitrogens is 3. The van der Waals surface area contributed by atoms with Crippen LogP contribution in [-0.2, 0) is 0 Å². The number of aromatic nitrogens is 4. The molecule has 80 valence electrons. The van der Waals surface area contributed by atoms with Crippen LogP contribution in [-0.4, -0.2) is 26.5 Å². The lowest BCUT2D eigenvalue weighted by atomic mass is 10.5. The third kappa shape index (κ3) is 1.76. The predicted molar refractivity (Wildman–Crippen MR) is 53.1 cm³/mol. The number of hydrogen-bond acceptors (Lipinski definition) is 4. The number of ether oxygens (including phenoxy) is 1. The summed E-state index contributed by atoms with van der Waals surface area (Å²) in [5.74, 6) is 0. The number of imidazole rings is 1. The monoisotopic (exact) mass is 210 g/mol. The summed E-state index contributed by atoms with van der Waals surface area (Å²) in [5, 5.41) is 0. The topological polar surface area (TPSA) is 104 Å². The molecule has 0 atom stereocenters. The van der Waals surface area contributed by atoms with Crippen LogP contribution in [0.3, 0.4) is 0 Å². The van der Waals surface area contributed by atoms with Gasteiger partial charge in [0.2, 0.25) is 0 Å². The first-order valence-electron chi connectivity index (χ1n) is 4.56. The third-order valence-corrected chi connectivity index (χ3v) is 1.81. The van der Waals surface area contributed by atoms with Gasteiger partial charge in [0.05, 0.1) is 6.61 Å². The van der Waals surface area contributed by atoms with Crippen molar-refractivity contribution in [2.24, 2.45) is 0 Å². The molecule has 0 saturated carbocycles. The molecule has 0 aliphatic heterocycles. The van der Waals surface area contributed by atoms with Crippen molar-refractivity contribution in [2.75, 3.05) is 6.61 Å². The van der Waals surface area contributed by atoms with Gasteiger partial charge >= 0.3 is 5.69 Å². The summed E-state index contributed by atoms with van der Waals surface area (Å²) in [7, 11) is 0. The van der Waals surface area contributed by atoms with Gasteiger partial charge in [-0.2, -0.15) is 4.98 Å². The number of rotatable bonds is 3. The van der Waals surface area contributed by atoms with Crippen molar-refractivity contribution in [3.8, 4) is 6.01 Å². The maximum absolute atomic E-state index is 11.3. The van der Waals surface area contributed by atoms with Crippen LogP contribution in [0.1, 0.15) is 13.3 Å². The van der Waals surface area contributed by atoms with E-state index in [0.29, 0.717) is 6.61 Å². The number of nitrogens with one attached hydrogen (secondary N) is 3. The normalized spacial score (nSPS) is 10.7. The van der Waals surface area contributed by atoms with E-state index in [1.807, 2.05) is 6.92 Å². The lowest BCUT2D eigenvalue weighted by Crippen LogP contribution is -2.21. The largest absolute Gasteiger partial charge is 0.465 e. The molecular formula is C8H10N4O3. The van der Waals surface area contributed by atoms with E-state index in [-0.39, 0.29) is 17.2 Å². The van der Waals surface area contributed by atoms with E-state index < -0.39 is 11.2 Å². The van der Waals surface area contributed by atoms with Crippen LogP contribution in [0.4, 0.5) is 0 Å². The second kappa shape index (κ2) is 3.60. The molecule has 0 aliphatic rings. The second-order valence-electron chi connectivity index (χ2n) is 3.02. The minimum Gasteiger partial charge on any atom is -0.465 e. The van der Waals surface area contributed by atoms with Crippen LogP contribution in [0.15, 0.2) is 9.59 Å². The van der Waals surface area contributed by atoms with Crippen molar-refractivity contribution < 1.29 is 4.74 Å². The molecule has 0 fully saturated rings. The van der Waals surface area contributed by atoms with Gasteiger partial charge in [-0.3, -0.25) is 14.8 Å². The highest BCUT2D eigenvalue weighted by Gasteiger charge is 2.07. The molecule has 3 N–H and O–H groups in total. The Kier molecular flexibility index (Phi) is 2.28. The summed E-state index contributed by atoms with van der Waals surface area (Å²) in [6.07, 6.45) is 0.837. The zero-order valence-corrected chi connectivity index (χ0v) is 8.09. The highest BCUT2D eigenvalue weighted by atomic mass is 16.5. The van der Waals surface area contributed by atoms with Gasteiger partial charge in [-0.1, -0.05) is 6.92 Å². The van der Waals surface area contributed by atoms with Crippen molar-refractivity contribution >= 4 is 11.2 Å². The maximum atomic E-state index is 11.3. The SMILES string of the molecule is CCCOc1nc2[nH]c(=O)[nH]c(=O)c2[nH]1. The number of nitrogens with zero attached hydrogens (tertiary/aromatic N) is 1. The fourth-order valence-corrected chi connectivity index (χ4v) is 1.18. The highest BCUT2D eigenvalue weighted by Crippen LogP contribution is 2.08. The molecule has 0 bridgehead atoms. The van der Waals surface area contributed by atoms with Crippen LogP contribution in [0.25, 0.3) is 11.2 Å². The summed E-state index contributed by atoms with van der Waals surface area (Å²) in [5.41, 5.74) is -0.677. The van der Waals surface area contributed by atoms with Gasteiger partial charge in [0.25, 0.3) is 11.6 Å². The third-order valence-electron chi connectivity index (χ3n) is 1.81. The van der Waals surface area contributed by atoms with E-state index in [1.54, 1.807) is 0 Å². The van der Waals surface area contributed by atoms with Crippen molar-refractivity contribution in [3.05, 3.63) is 20.8 Å². The molecule has 0 aromatic carbocycles. The summed E-state index contributed by atoms with van der Waals surface area (Å²) in [4.78, 5) is 33.3. The van der Waals surface area contributed by atoms with Crippen LogP contribution in [0.5, 0.6) is 6.01 Å². The number of aromatic amines is 3. The average Bonchev–Trinajstić information content (AvgIpc) is 2.57. The molecule has 7 nitrogen and oxygen atoms in total. The Hall–Kier alpha value is -2.05. The fraction of sp³-hybridized carbons (Fsp3) is 0.375. The Morgan fingerprint density at radius 1 is 1.27 bits per heavy atom. The molecule has 0 radical (unpaired) electrons. The van der Waals surface area contributed by atoms with Crippen molar-refractivity contribution in [2.45, 2.75) is 13.3 Å². The Bertz CT molecular complexity index is 579. The summed E-state index contributed by atoms with van der Waals surface area (Å²) in [6, 6.07) is 0.235. The molecule has 2 aromatic heterocycles. The van der Waals surface area contributed by atoms with Gasteiger partial charge < -0.3 is 9.72 Å². The molecule has 0 amide bonds. The molecule has 15 heavy (non-hydrogen) atoms. The quantitative estimate of drug-likeness (QED) is 0.648. The average molecular weight is 210 g/mol. The molecule has 0 saturated heterocycles. The van der Waals surface area contributed by atoms with Crippen LogP contribution < -0.4 is 16.0 Å². The minimum absolute atomic E-state index is 0.204. The fourth-order valence-electron chi connectivity index (χ4n) is 1.18. The van der Waals surface area contributed by atoms with Crippen molar-refractivity contribution in [1.82, 2.24) is 19.9 Å². The predicted octanol–water partition coefficient (Wildman–Crippen LogP) is -0.272. The molecule has 0 spiro atoms. The first-order valence-corrected chi connectivity index (χ1v) is 4.56. The van der Waals surface area contributed by atoms with Gasteiger partial charge in [-0.15, -0.1) is 0 Å². The molecule has 0 unspecified atom stereocenters. The van der Waals surface area contributed by atoms with E-state index in [4.69, 9.17) is 4.74 Å². The standard InChI is InChI=1S/C8H10N4O3/c1-2-3-15-8-9-4-5(11-8)10-7(14)12-6(4)13/h2-3H2,1H3,(H3,9,10,11,12,13,14). The Balaban J connectivity index is 2.51. The molecule has 0 aliphatic carbocycles. The van der Waals surface area contributed by atoms with E-state index in [0.717, 1.165) is 6.42 Å². The van der Waals surface area contributed by atoms with Gasteiger partial charge in [0.15, 0.2) is 11.2 Å². The molecule has 2 aromatic rings. The van der Waals surface area contributed by atoms with Crippen LogP contribution >= 0.6 is 0 Å². The Morgan fingerprint density at radius 3 is 2.80 bits per heavy atom. The second-order valence-corrected chi connectivity index (χ2v) is 3.02. The Morgan fingerprint density at radius 2 is 2.07 bits per heavy atom. The first kappa shape index (κ1) is 9.50. The molecular weight excluding hydrogens is 200 g/mol. The van der Waals surface area contributed by atoms with Gasteiger partial charge in [-0.05, 0) is 6.42 Å². The Labute approximate surface area is 83.5 Å². The zero-order valence-electron chi connectivity index (χ0n) is 8.09. The molecule has 2 rings (SSSR count). The number of fused-ring (bicyclic) bond motifs is 1. The molecule has 2 heterocycles. The van der Waals surface area contributed by atoms with Crippen LogP contribution in [0.2, 0.25) is 0 Å². The molecule has 7 heteroatoms. The smallest absolute Gasteiger partial charge is 0.327 e. The van der Waals surface area contributed by atoms with E-state index >= 15 is 0 Å². The lowest BCUT2D eigenvalue weighted by Gasteiger charge is -1.96. The summed E-state index contributed by atoms with van der Waals surface area (Å²) in [6.45, 7) is 2.46. The van der Waals surface area contributed by atoms with E-state index in [2.05, 4.69) is 19.9 Å². The van der Waals surface area contributed by atoms with E-state index in [1.165, 1.54) is 0 Å². The summed E-state index contributed by atoms with van der Waals surface area (Å²) < 4.78 is 5.19. The van der Waals surface area contributed by atoms with Crippen molar-refractivity contribution in [1.29, 1.82) is 0 Å². The zero-order chi connectivity index (χ0) is 10.8. The van der Waals surface area contributed by atoms with Gasteiger partial charge in [0.1, 0.15) is 0 Å². The highest BCUT2D eigenvalue weighted by molar-refractivity contribution is 5.69. The van der Waals surface area contributed by atoms with Crippen molar-refractivity contribution in [3.63, 3.8) is 0 Å². The van der Waals surface area contributed by atoms with Gasteiger partial charge in [0, 0.05) is 0 Å².